The fourth-order valence-corrected chi connectivity index (χ4v) is 2.16. The van der Waals surface area contributed by atoms with Gasteiger partial charge in [-0.25, -0.2) is 0 Å². The van der Waals surface area contributed by atoms with Crippen LogP contribution in [-0.4, -0.2) is 34.5 Å². The number of carboxylic acid groups (broad SMARTS) is 1. The van der Waals surface area contributed by atoms with E-state index in [0.29, 0.717) is 6.54 Å². The molecule has 0 aliphatic heterocycles. The second-order valence-electron chi connectivity index (χ2n) is 5.04. The van der Waals surface area contributed by atoms with Gasteiger partial charge in [-0.15, -0.1) is 0 Å². The van der Waals surface area contributed by atoms with Gasteiger partial charge in [0.1, 0.15) is 0 Å². The van der Waals surface area contributed by atoms with Crippen molar-refractivity contribution in [2.75, 3.05) is 6.54 Å². The van der Waals surface area contributed by atoms with Crippen LogP contribution in [0.3, 0.4) is 0 Å². The third kappa shape index (κ3) is 6.03. The standard InChI is InChI=1S/C14H27NO3/c1-5-7-12(8-6-2)14(18)15(11(3)4)10-9-13(16)17/h11-12H,5-10H2,1-4H3,(H,16,17). The molecule has 0 aliphatic carbocycles. The average molecular weight is 257 g/mol. The van der Waals surface area contributed by atoms with E-state index in [4.69, 9.17) is 5.11 Å². The molecule has 0 aromatic carbocycles. The highest BCUT2D eigenvalue weighted by Crippen LogP contribution is 2.18. The molecule has 0 spiro atoms. The zero-order valence-electron chi connectivity index (χ0n) is 12.1. The zero-order valence-corrected chi connectivity index (χ0v) is 12.1. The molecule has 0 bridgehead atoms. The molecule has 4 heteroatoms. The number of amides is 1. The van der Waals surface area contributed by atoms with Crippen molar-refractivity contribution in [3.05, 3.63) is 0 Å². The van der Waals surface area contributed by atoms with Gasteiger partial charge in [-0.1, -0.05) is 26.7 Å². The molecule has 0 radical (unpaired) electrons. The van der Waals surface area contributed by atoms with Gasteiger partial charge in [0, 0.05) is 18.5 Å². The van der Waals surface area contributed by atoms with Gasteiger partial charge in [0.25, 0.3) is 0 Å². The van der Waals surface area contributed by atoms with Gasteiger partial charge in [0.15, 0.2) is 0 Å². The topological polar surface area (TPSA) is 57.6 Å². The number of carbonyl (C=O) groups excluding carboxylic acids is 1. The summed E-state index contributed by atoms with van der Waals surface area (Å²) in [4.78, 5) is 24.8. The summed E-state index contributed by atoms with van der Waals surface area (Å²) in [5.41, 5.74) is 0. The van der Waals surface area contributed by atoms with Crippen molar-refractivity contribution in [3.8, 4) is 0 Å². The predicted octanol–water partition coefficient (Wildman–Crippen LogP) is 2.91. The molecule has 0 saturated heterocycles. The lowest BCUT2D eigenvalue weighted by molar-refractivity contribution is -0.141. The number of hydrogen-bond donors (Lipinski definition) is 1. The first-order chi connectivity index (χ1) is 8.43. The Morgan fingerprint density at radius 2 is 1.61 bits per heavy atom. The number of hydrogen-bond acceptors (Lipinski definition) is 2. The monoisotopic (exact) mass is 257 g/mol. The van der Waals surface area contributed by atoms with Crippen LogP contribution in [0, 0.1) is 5.92 Å². The molecular formula is C14H27NO3. The number of nitrogens with zero attached hydrogens (tertiary/aromatic N) is 1. The van der Waals surface area contributed by atoms with Crippen LogP contribution < -0.4 is 0 Å². The molecule has 4 nitrogen and oxygen atoms in total. The van der Waals surface area contributed by atoms with Gasteiger partial charge in [0.05, 0.1) is 6.42 Å². The van der Waals surface area contributed by atoms with E-state index in [9.17, 15) is 9.59 Å². The molecule has 0 atom stereocenters. The molecule has 1 amide bonds. The largest absolute Gasteiger partial charge is 0.481 e. The molecule has 0 unspecified atom stereocenters. The Bertz CT molecular complexity index is 258. The first-order valence-corrected chi connectivity index (χ1v) is 6.96. The molecule has 18 heavy (non-hydrogen) atoms. The second kappa shape index (κ2) is 8.95. The Morgan fingerprint density at radius 1 is 1.11 bits per heavy atom. The summed E-state index contributed by atoms with van der Waals surface area (Å²) in [5.74, 6) is -0.679. The number of carbonyl (C=O) groups is 2. The summed E-state index contributed by atoms with van der Waals surface area (Å²) in [6.45, 7) is 8.35. The molecule has 0 aliphatic rings. The molecule has 106 valence electrons. The highest BCUT2D eigenvalue weighted by atomic mass is 16.4. The molecular weight excluding hydrogens is 230 g/mol. The normalized spacial score (nSPS) is 11.0. The minimum absolute atomic E-state index is 0.0227. The summed E-state index contributed by atoms with van der Waals surface area (Å²) in [5, 5.41) is 8.73. The van der Waals surface area contributed by atoms with E-state index < -0.39 is 5.97 Å². The van der Waals surface area contributed by atoms with Crippen molar-refractivity contribution in [2.24, 2.45) is 5.92 Å². The van der Waals surface area contributed by atoms with E-state index in [0.717, 1.165) is 25.7 Å². The van der Waals surface area contributed by atoms with E-state index in [1.807, 2.05) is 13.8 Å². The summed E-state index contributed by atoms with van der Waals surface area (Å²) in [6.07, 6.45) is 3.78. The quantitative estimate of drug-likeness (QED) is 0.691. The van der Waals surface area contributed by atoms with Crippen LogP contribution in [0.2, 0.25) is 0 Å². The third-order valence-electron chi connectivity index (χ3n) is 3.10. The van der Waals surface area contributed by atoms with Crippen molar-refractivity contribution in [2.45, 2.75) is 65.8 Å². The molecule has 0 fully saturated rings. The van der Waals surface area contributed by atoms with Gasteiger partial charge < -0.3 is 10.0 Å². The highest BCUT2D eigenvalue weighted by molar-refractivity contribution is 5.79. The van der Waals surface area contributed by atoms with Gasteiger partial charge in [0.2, 0.25) is 5.91 Å². The van der Waals surface area contributed by atoms with Gasteiger partial charge in [-0.2, -0.15) is 0 Å². The minimum atomic E-state index is -0.851. The number of aliphatic carboxylic acids is 1. The Balaban J connectivity index is 4.64. The van der Waals surface area contributed by atoms with E-state index in [1.54, 1.807) is 4.90 Å². The number of rotatable bonds is 9. The fourth-order valence-electron chi connectivity index (χ4n) is 2.16. The maximum atomic E-state index is 12.4. The molecule has 0 aromatic rings. The van der Waals surface area contributed by atoms with Crippen LogP contribution in [0.4, 0.5) is 0 Å². The van der Waals surface area contributed by atoms with Gasteiger partial charge >= 0.3 is 5.97 Å². The maximum absolute atomic E-state index is 12.4. The summed E-state index contributed by atoms with van der Waals surface area (Å²) in [7, 11) is 0. The Morgan fingerprint density at radius 3 is 1.94 bits per heavy atom. The maximum Gasteiger partial charge on any atom is 0.305 e. The predicted molar refractivity (Wildman–Crippen MR) is 72.4 cm³/mol. The first kappa shape index (κ1) is 16.9. The molecule has 0 rings (SSSR count). The van der Waals surface area contributed by atoms with Gasteiger partial charge in [-0.3, -0.25) is 9.59 Å². The van der Waals surface area contributed by atoms with Crippen LogP contribution in [0.5, 0.6) is 0 Å². The second-order valence-corrected chi connectivity index (χ2v) is 5.04. The lowest BCUT2D eigenvalue weighted by Gasteiger charge is -2.30. The first-order valence-electron chi connectivity index (χ1n) is 6.96. The van der Waals surface area contributed by atoms with Crippen LogP contribution in [0.25, 0.3) is 0 Å². The van der Waals surface area contributed by atoms with E-state index in [1.165, 1.54) is 0 Å². The van der Waals surface area contributed by atoms with Gasteiger partial charge in [-0.05, 0) is 26.7 Å². The Kier molecular flexibility index (Phi) is 8.42. The van der Waals surface area contributed by atoms with Crippen molar-refractivity contribution in [3.63, 3.8) is 0 Å². The third-order valence-corrected chi connectivity index (χ3v) is 3.10. The van der Waals surface area contributed by atoms with Crippen molar-refractivity contribution >= 4 is 11.9 Å². The summed E-state index contributed by atoms with van der Waals surface area (Å²) >= 11 is 0. The van der Waals surface area contributed by atoms with Crippen molar-refractivity contribution < 1.29 is 14.7 Å². The molecule has 1 N–H and O–H groups in total. The lowest BCUT2D eigenvalue weighted by atomic mass is 9.96. The molecule has 0 saturated carbocycles. The number of carboxylic acids is 1. The zero-order chi connectivity index (χ0) is 14.1. The lowest BCUT2D eigenvalue weighted by Crippen LogP contribution is -2.42. The SMILES string of the molecule is CCCC(CCC)C(=O)N(CCC(=O)O)C(C)C. The summed E-state index contributed by atoms with van der Waals surface area (Å²) in [6, 6.07) is 0.0630. The Hall–Kier alpha value is -1.06. The van der Waals surface area contributed by atoms with Crippen molar-refractivity contribution in [1.29, 1.82) is 0 Å². The Labute approximate surface area is 110 Å². The minimum Gasteiger partial charge on any atom is -0.481 e. The molecule has 0 heterocycles. The fraction of sp³-hybridized carbons (Fsp3) is 0.857. The van der Waals surface area contributed by atoms with Crippen LogP contribution >= 0.6 is 0 Å². The van der Waals surface area contributed by atoms with Crippen LogP contribution in [-0.2, 0) is 9.59 Å². The average Bonchev–Trinajstić information content (AvgIpc) is 2.27. The van der Waals surface area contributed by atoms with E-state index in [-0.39, 0.29) is 24.3 Å². The summed E-state index contributed by atoms with van der Waals surface area (Å²) < 4.78 is 0. The van der Waals surface area contributed by atoms with Crippen molar-refractivity contribution in [1.82, 2.24) is 4.90 Å². The van der Waals surface area contributed by atoms with Crippen LogP contribution in [0.15, 0.2) is 0 Å². The molecule has 0 aromatic heterocycles. The highest BCUT2D eigenvalue weighted by Gasteiger charge is 2.25. The van der Waals surface area contributed by atoms with E-state index >= 15 is 0 Å². The van der Waals surface area contributed by atoms with Crippen LogP contribution in [0.1, 0.15) is 59.8 Å². The van der Waals surface area contributed by atoms with E-state index in [2.05, 4.69) is 13.8 Å². The smallest absolute Gasteiger partial charge is 0.305 e.